The summed E-state index contributed by atoms with van der Waals surface area (Å²) in [4.78, 5) is 0. The first kappa shape index (κ1) is 16.2. The molecular formula is C17H19Cl2NO. The van der Waals surface area contributed by atoms with Gasteiger partial charge in [0, 0.05) is 10.0 Å². The number of hydrogen-bond donors (Lipinski definition) is 1. The van der Waals surface area contributed by atoms with Gasteiger partial charge < -0.3 is 10.1 Å². The van der Waals surface area contributed by atoms with E-state index in [1.54, 1.807) is 6.07 Å². The predicted octanol–water partition coefficient (Wildman–Crippen LogP) is 5.09. The van der Waals surface area contributed by atoms with Gasteiger partial charge in [0.2, 0.25) is 0 Å². The fourth-order valence-electron chi connectivity index (χ4n) is 2.28. The summed E-state index contributed by atoms with van der Waals surface area (Å²) in [5.41, 5.74) is 2.09. The van der Waals surface area contributed by atoms with Gasteiger partial charge in [0.25, 0.3) is 0 Å². The molecule has 0 aliphatic heterocycles. The van der Waals surface area contributed by atoms with Crippen molar-refractivity contribution in [2.24, 2.45) is 0 Å². The summed E-state index contributed by atoms with van der Waals surface area (Å²) in [6.45, 7) is 4.02. The average molecular weight is 324 g/mol. The third-order valence-electron chi connectivity index (χ3n) is 3.13. The molecule has 0 aromatic heterocycles. The summed E-state index contributed by atoms with van der Waals surface area (Å²) in [6, 6.07) is 13.6. The van der Waals surface area contributed by atoms with E-state index in [1.807, 2.05) is 51.2 Å². The van der Waals surface area contributed by atoms with Crippen LogP contribution in [-0.2, 0) is 0 Å². The molecule has 0 amide bonds. The van der Waals surface area contributed by atoms with Crippen LogP contribution in [0.5, 0.6) is 5.75 Å². The van der Waals surface area contributed by atoms with Crippen molar-refractivity contribution in [1.29, 1.82) is 0 Å². The highest BCUT2D eigenvalue weighted by molar-refractivity contribution is 6.35. The van der Waals surface area contributed by atoms with Crippen LogP contribution >= 0.6 is 23.2 Å². The minimum absolute atomic E-state index is 0.00882. The maximum atomic E-state index is 6.32. The largest absolute Gasteiger partial charge is 0.491 e. The number of hydrogen-bond acceptors (Lipinski definition) is 2. The Kier molecular flexibility index (Phi) is 5.51. The molecule has 0 aliphatic carbocycles. The average Bonchev–Trinajstić information content (AvgIpc) is 2.41. The molecule has 0 spiro atoms. The van der Waals surface area contributed by atoms with Gasteiger partial charge in [-0.15, -0.1) is 0 Å². The summed E-state index contributed by atoms with van der Waals surface area (Å²) < 4.78 is 5.75. The third-order valence-corrected chi connectivity index (χ3v) is 3.69. The highest BCUT2D eigenvalue weighted by Gasteiger charge is 2.16. The lowest BCUT2D eigenvalue weighted by molar-refractivity contribution is 0.242. The van der Waals surface area contributed by atoms with E-state index in [0.29, 0.717) is 10.0 Å². The minimum atomic E-state index is -0.00882. The van der Waals surface area contributed by atoms with Gasteiger partial charge in [0.1, 0.15) is 5.75 Å². The van der Waals surface area contributed by atoms with Gasteiger partial charge >= 0.3 is 0 Å². The van der Waals surface area contributed by atoms with Crippen LogP contribution in [0.4, 0.5) is 0 Å². The van der Waals surface area contributed by atoms with Crippen LogP contribution in [0.15, 0.2) is 42.5 Å². The van der Waals surface area contributed by atoms with Crippen molar-refractivity contribution in [3.05, 3.63) is 63.6 Å². The molecule has 2 nitrogen and oxygen atoms in total. The summed E-state index contributed by atoms with van der Waals surface area (Å²) in [6.07, 6.45) is 0.146. The summed E-state index contributed by atoms with van der Waals surface area (Å²) in [5, 5.41) is 4.58. The smallest absolute Gasteiger partial charge is 0.120 e. The molecule has 2 aromatic carbocycles. The Bertz CT molecular complexity index is 613. The van der Waals surface area contributed by atoms with Crippen molar-refractivity contribution < 1.29 is 4.74 Å². The van der Waals surface area contributed by atoms with E-state index in [1.165, 1.54) is 0 Å². The number of benzene rings is 2. The number of ether oxygens (including phenoxy) is 1. The topological polar surface area (TPSA) is 21.3 Å². The van der Waals surface area contributed by atoms with Crippen LogP contribution in [-0.4, -0.2) is 13.2 Å². The lowest BCUT2D eigenvalue weighted by Crippen LogP contribution is -2.18. The van der Waals surface area contributed by atoms with Gasteiger partial charge in [0.05, 0.1) is 12.1 Å². The quantitative estimate of drug-likeness (QED) is 0.827. The highest BCUT2D eigenvalue weighted by Crippen LogP contribution is 2.31. The van der Waals surface area contributed by atoms with Crippen LogP contribution in [0, 0.1) is 0 Å². The first-order chi connectivity index (χ1) is 10.0. The molecule has 0 saturated heterocycles. The van der Waals surface area contributed by atoms with E-state index in [4.69, 9.17) is 27.9 Å². The lowest BCUT2D eigenvalue weighted by Gasteiger charge is -2.20. The van der Waals surface area contributed by atoms with E-state index in [2.05, 4.69) is 11.4 Å². The molecule has 0 aliphatic rings. The van der Waals surface area contributed by atoms with Crippen molar-refractivity contribution in [2.45, 2.75) is 26.0 Å². The van der Waals surface area contributed by atoms with Crippen LogP contribution < -0.4 is 10.1 Å². The van der Waals surface area contributed by atoms with Crippen molar-refractivity contribution >= 4 is 23.2 Å². The Balaban J connectivity index is 2.37. The molecule has 0 radical (unpaired) electrons. The van der Waals surface area contributed by atoms with Crippen molar-refractivity contribution in [2.75, 3.05) is 7.05 Å². The van der Waals surface area contributed by atoms with Crippen LogP contribution in [0.25, 0.3) is 0 Å². The molecule has 112 valence electrons. The molecule has 1 N–H and O–H groups in total. The maximum absolute atomic E-state index is 6.32. The van der Waals surface area contributed by atoms with E-state index >= 15 is 0 Å². The minimum Gasteiger partial charge on any atom is -0.491 e. The first-order valence-corrected chi connectivity index (χ1v) is 7.65. The van der Waals surface area contributed by atoms with Crippen LogP contribution in [0.3, 0.4) is 0 Å². The van der Waals surface area contributed by atoms with Gasteiger partial charge in [-0.1, -0.05) is 41.4 Å². The van der Waals surface area contributed by atoms with E-state index < -0.39 is 0 Å². The zero-order valence-electron chi connectivity index (χ0n) is 12.4. The second-order valence-corrected chi connectivity index (χ2v) is 5.97. The SMILES string of the molecule is CNC(c1cccc(OC(C)C)c1)c1ccc(Cl)cc1Cl. The molecule has 2 rings (SSSR count). The zero-order valence-corrected chi connectivity index (χ0v) is 13.9. The van der Waals surface area contributed by atoms with Gasteiger partial charge in [-0.2, -0.15) is 0 Å². The normalized spacial score (nSPS) is 12.5. The lowest BCUT2D eigenvalue weighted by atomic mass is 9.98. The standard InChI is InChI=1S/C17H19Cl2NO/c1-11(2)21-14-6-4-5-12(9-14)17(20-3)15-8-7-13(18)10-16(15)19/h4-11,17,20H,1-3H3. The molecular weight excluding hydrogens is 305 g/mol. The Morgan fingerprint density at radius 1 is 1.05 bits per heavy atom. The molecule has 0 heterocycles. The van der Waals surface area contributed by atoms with E-state index in [-0.39, 0.29) is 12.1 Å². The molecule has 21 heavy (non-hydrogen) atoms. The highest BCUT2D eigenvalue weighted by atomic mass is 35.5. The van der Waals surface area contributed by atoms with E-state index in [9.17, 15) is 0 Å². The molecule has 0 bridgehead atoms. The van der Waals surface area contributed by atoms with Gasteiger partial charge in [-0.25, -0.2) is 0 Å². The second kappa shape index (κ2) is 7.17. The number of rotatable bonds is 5. The fourth-order valence-corrected chi connectivity index (χ4v) is 2.79. The van der Waals surface area contributed by atoms with Crippen LogP contribution in [0.2, 0.25) is 10.0 Å². The summed E-state index contributed by atoms with van der Waals surface area (Å²) in [7, 11) is 1.91. The van der Waals surface area contributed by atoms with Crippen molar-refractivity contribution in [1.82, 2.24) is 5.32 Å². The molecule has 0 fully saturated rings. The Labute approximate surface area is 136 Å². The molecule has 0 saturated carbocycles. The summed E-state index contributed by atoms with van der Waals surface area (Å²) >= 11 is 12.3. The van der Waals surface area contributed by atoms with Crippen LogP contribution in [0.1, 0.15) is 31.0 Å². The van der Waals surface area contributed by atoms with E-state index in [0.717, 1.165) is 16.9 Å². The summed E-state index contributed by atoms with van der Waals surface area (Å²) in [5.74, 6) is 0.854. The van der Waals surface area contributed by atoms with Gasteiger partial charge in [0.15, 0.2) is 0 Å². The third kappa shape index (κ3) is 4.13. The fraction of sp³-hybridized carbons (Fsp3) is 0.294. The molecule has 1 unspecified atom stereocenters. The van der Waals surface area contributed by atoms with Crippen molar-refractivity contribution in [3.63, 3.8) is 0 Å². The Morgan fingerprint density at radius 2 is 1.81 bits per heavy atom. The van der Waals surface area contributed by atoms with Gasteiger partial charge in [-0.05, 0) is 56.3 Å². The first-order valence-electron chi connectivity index (χ1n) is 6.90. The molecule has 4 heteroatoms. The number of halogens is 2. The number of nitrogens with one attached hydrogen (secondary N) is 1. The zero-order chi connectivity index (χ0) is 15.4. The second-order valence-electron chi connectivity index (χ2n) is 5.13. The predicted molar refractivity (Wildman–Crippen MR) is 89.6 cm³/mol. The Morgan fingerprint density at radius 3 is 2.43 bits per heavy atom. The van der Waals surface area contributed by atoms with Gasteiger partial charge in [-0.3, -0.25) is 0 Å². The molecule has 1 atom stereocenters. The Hall–Kier alpha value is -1.22. The monoisotopic (exact) mass is 323 g/mol. The van der Waals surface area contributed by atoms with Crippen molar-refractivity contribution in [3.8, 4) is 5.75 Å². The maximum Gasteiger partial charge on any atom is 0.120 e. The molecule has 2 aromatic rings.